The number of anilines is 2. The summed E-state index contributed by atoms with van der Waals surface area (Å²) in [5.41, 5.74) is 0.742. The summed E-state index contributed by atoms with van der Waals surface area (Å²) in [5.74, 6) is 1.44. The van der Waals surface area contributed by atoms with Crippen molar-refractivity contribution in [3.8, 4) is 0 Å². The van der Waals surface area contributed by atoms with Crippen molar-refractivity contribution in [1.29, 1.82) is 0 Å². The van der Waals surface area contributed by atoms with E-state index < -0.39 is 0 Å². The summed E-state index contributed by atoms with van der Waals surface area (Å²) in [7, 11) is 0. The standard InChI is InChI=1S/C14H24N6O/c1-2-7-16-14-18-12(11-10-17-20-13(11)19-14)15-8-5-3-4-6-9-21/h10,21H,2-9H2,1H3,(H3,15,16,17,18,19,20). The molecule has 0 saturated carbocycles. The van der Waals surface area contributed by atoms with Gasteiger partial charge in [-0.2, -0.15) is 15.1 Å². The van der Waals surface area contributed by atoms with Gasteiger partial charge in [0, 0.05) is 19.7 Å². The summed E-state index contributed by atoms with van der Waals surface area (Å²) in [4.78, 5) is 8.91. The highest BCUT2D eigenvalue weighted by Crippen LogP contribution is 2.20. The molecule has 7 nitrogen and oxygen atoms in total. The van der Waals surface area contributed by atoms with Gasteiger partial charge >= 0.3 is 0 Å². The third kappa shape index (κ3) is 4.56. The lowest BCUT2D eigenvalue weighted by Crippen LogP contribution is -2.09. The molecule has 0 fully saturated rings. The first-order chi connectivity index (χ1) is 10.3. The van der Waals surface area contributed by atoms with Crippen LogP contribution < -0.4 is 10.6 Å². The second kappa shape index (κ2) is 8.41. The Morgan fingerprint density at radius 2 is 1.95 bits per heavy atom. The molecule has 0 aliphatic heterocycles. The van der Waals surface area contributed by atoms with E-state index in [1.807, 2.05) is 0 Å². The van der Waals surface area contributed by atoms with Crippen LogP contribution in [0.1, 0.15) is 39.0 Å². The van der Waals surface area contributed by atoms with Gasteiger partial charge in [-0.3, -0.25) is 5.10 Å². The minimum atomic E-state index is 0.279. The molecule has 0 bridgehead atoms. The number of nitrogens with zero attached hydrogens (tertiary/aromatic N) is 3. The van der Waals surface area contributed by atoms with Crippen LogP contribution in [-0.2, 0) is 0 Å². The van der Waals surface area contributed by atoms with E-state index in [-0.39, 0.29) is 6.61 Å². The van der Waals surface area contributed by atoms with Crippen LogP contribution in [0, 0.1) is 0 Å². The number of fused-ring (bicyclic) bond motifs is 1. The van der Waals surface area contributed by atoms with Crippen molar-refractivity contribution in [2.24, 2.45) is 0 Å². The molecule has 7 heteroatoms. The lowest BCUT2D eigenvalue weighted by molar-refractivity contribution is 0.283. The molecule has 2 aromatic heterocycles. The molecule has 4 N–H and O–H groups in total. The van der Waals surface area contributed by atoms with Crippen molar-refractivity contribution >= 4 is 22.8 Å². The summed E-state index contributed by atoms with van der Waals surface area (Å²) in [6, 6.07) is 0. The zero-order chi connectivity index (χ0) is 14.9. The first kappa shape index (κ1) is 15.5. The SMILES string of the molecule is CCCNc1nc(NCCCCCCO)c2cn[nH]c2n1. The highest BCUT2D eigenvalue weighted by atomic mass is 16.2. The number of unbranched alkanes of at least 4 members (excludes halogenated alkanes) is 3. The third-order valence-electron chi connectivity index (χ3n) is 3.22. The number of hydrogen-bond acceptors (Lipinski definition) is 6. The summed E-state index contributed by atoms with van der Waals surface area (Å²) in [5, 5.41) is 23.1. The van der Waals surface area contributed by atoms with Gasteiger partial charge in [0.2, 0.25) is 5.95 Å². The van der Waals surface area contributed by atoms with Crippen molar-refractivity contribution in [2.75, 3.05) is 30.3 Å². The molecular formula is C14H24N6O. The Kier molecular flexibility index (Phi) is 6.21. The van der Waals surface area contributed by atoms with Crippen LogP contribution in [-0.4, -0.2) is 45.0 Å². The summed E-state index contributed by atoms with van der Waals surface area (Å²) in [6.07, 6.45) is 6.87. The maximum Gasteiger partial charge on any atom is 0.226 e. The van der Waals surface area contributed by atoms with Gasteiger partial charge in [0.05, 0.1) is 11.6 Å². The van der Waals surface area contributed by atoms with E-state index in [9.17, 15) is 0 Å². The van der Waals surface area contributed by atoms with E-state index in [4.69, 9.17) is 5.11 Å². The van der Waals surface area contributed by atoms with Crippen LogP contribution in [0.15, 0.2) is 6.20 Å². The third-order valence-corrected chi connectivity index (χ3v) is 3.22. The predicted octanol–water partition coefficient (Wildman–Crippen LogP) is 2.14. The fourth-order valence-corrected chi connectivity index (χ4v) is 2.08. The van der Waals surface area contributed by atoms with Crippen LogP contribution in [0.2, 0.25) is 0 Å². The van der Waals surface area contributed by atoms with E-state index in [1.165, 1.54) is 0 Å². The summed E-state index contributed by atoms with van der Waals surface area (Å²) >= 11 is 0. The molecule has 21 heavy (non-hydrogen) atoms. The normalized spacial score (nSPS) is 11.0. The lowest BCUT2D eigenvalue weighted by atomic mass is 10.2. The van der Waals surface area contributed by atoms with Crippen LogP contribution in [0.25, 0.3) is 11.0 Å². The van der Waals surface area contributed by atoms with Crippen molar-refractivity contribution in [1.82, 2.24) is 20.2 Å². The van der Waals surface area contributed by atoms with Gasteiger partial charge in [0.15, 0.2) is 5.65 Å². The molecule has 0 aliphatic carbocycles. The van der Waals surface area contributed by atoms with Crippen molar-refractivity contribution < 1.29 is 5.11 Å². The molecule has 0 spiro atoms. The van der Waals surface area contributed by atoms with E-state index in [0.717, 1.165) is 62.0 Å². The molecule has 0 radical (unpaired) electrons. The molecule has 116 valence electrons. The van der Waals surface area contributed by atoms with Gasteiger partial charge in [-0.25, -0.2) is 0 Å². The first-order valence-electron chi connectivity index (χ1n) is 7.65. The lowest BCUT2D eigenvalue weighted by Gasteiger charge is -2.09. The molecule has 0 aliphatic rings. The fraction of sp³-hybridized carbons (Fsp3) is 0.643. The van der Waals surface area contributed by atoms with E-state index in [1.54, 1.807) is 6.20 Å². The van der Waals surface area contributed by atoms with Gasteiger partial charge in [0.25, 0.3) is 0 Å². The molecule has 0 saturated heterocycles. The van der Waals surface area contributed by atoms with Gasteiger partial charge < -0.3 is 15.7 Å². The van der Waals surface area contributed by atoms with Crippen LogP contribution in [0.3, 0.4) is 0 Å². The molecule has 0 amide bonds. The quantitative estimate of drug-likeness (QED) is 0.501. The van der Waals surface area contributed by atoms with Crippen LogP contribution in [0.4, 0.5) is 11.8 Å². The Morgan fingerprint density at radius 1 is 1.10 bits per heavy atom. The minimum absolute atomic E-state index is 0.279. The predicted molar refractivity (Wildman–Crippen MR) is 84.5 cm³/mol. The topological polar surface area (TPSA) is 98.8 Å². The number of hydrogen-bond donors (Lipinski definition) is 4. The largest absolute Gasteiger partial charge is 0.396 e. The molecule has 0 aromatic carbocycles. The second-order valence-corrected chi connectivity index (χ2v) is 5.02. The number of aromatic nitrogens is 4. The Hall–Kier alpha value is -1.89. The molecule has 0 unspecified atom stereocenters. The zero-order valence-electron chi connectivity index (χ0n) is 12.5. The van der Waals surface area contributed by atoms with E-state index in [0.29, 0.717) is 5.95 Å². The highest BCUT2D eigenvalue weighted by Gasteiger charge is 2.08. The van der Waals surface area contributed by atoms with Gasteiger partial charge in [-0.05, 0) is 19.3 Å². The zero-order valence-corrected chi connectivity index (χ0v) is 12.5. The molecule has 2 heterocycles. The van der Waals surface area contributed by atoms with Gasteiger partial charge in [-0.1, -0.05) is 19.8 Å². The second-order valence-electron chi connectivity index (χ2n) is 5.02. The number of nitrogens with one attached hydrogen (secondary N) is 3. The number of aromatic amines is 1. The maximum absolute atomic E-state index is 8.75. The Morgan fingerprint density at radius 3 is 2.76 bits per heavy atom. The highest BCUT2D eigenvalue weighted by molar-refractivity contribution is 5.86. The Labute approximate surface area is 124 Å². The maximum atomic E-state index is 8.75. The monoisotopic (exact) mass is 292 g/mol. The molecule has 2 aromatic rings. The summed E-state index contributed by atoms with van der Waals surface area (Å²) < 4.78 is 0. The van der Waals surface area contributed by atoms with E-state index >= 15 is 0 Å². The molecular weight excluding hydrogens is 268 g/mol. The fourth-order valence-electron chi connectivity index (χ4n) is 2.08. The number of H-pyrrole nitrogens is 1. The average molecular weight is 292 g/mol. The minimum Gasteiger partial charge on any atom is -0.396 e. The summed E-state index contributed by atoms with van der Waals surface area (Å²) in [6.45, 7) is 4.09. The van der Waals surface area contributed by atoms with Gasteiger partial charge in [0.1, 0.15) is 5.82 Å². The Bertz CT molecular complexity index is 541. The smallest absolute Gasteiger partial charge is 0.226 e. The van der Waals surface area contributed by atoms with Crippen molar-refractivity contribution in [3.05, 3.63) is 6.20 Å². The molecule has 0 atom stereocenters. The molecule has 2 rings (SSSR count). The number of aliphatic hydroxyl groups is 1. The number of rotatable bonds is 10. The van der Waals surface area contributed by atoms with E-state index in [2.05, 4.69) is 37.7 Å². The average Bonchev–Trinajstić information content (AvgIpc) is 2.97. The Balaban J connectivity index is 1.95. The van der Waals surface area contributed by atoms with Crippen molar-refractivity contribution in [3.63, 3.8) is 0 Å². The van der Waals surface area contributed by atoms with Crippen LogP contribution >= 0.6 is 0 Å². The first-order valence-corrected chi connectivity index (χ1v) is 7.65. The van der Waals surface area contributed by atoms with Gasteiger partial charge in [-0.15, -0.1) is 0 Å². The number of aliphatic hydroxyl groups excluding tert-OH is 1. The van der Waals surface area contributed by atoms with Crippen molar-refractivity contribution in [2.45, 2.75) is 39.0 Å². The van der Waals surface area contributed by atoms with Crippen LogP contribution in [0.5, 0.6) is 0 Å².